The highest BCUT2D eigenvalue weighted by molar-refractivity contribution is 6.03. The molecule has 4 N–H and O–H groups in total. The molecule has 1 fully saturated rings. The predicted molar refractivity (Wildman–Crippen MR) is 158 cm³/mol. The molecular weight excluding hydrogens is 504 g/mol. The van der Waals surface area contributed by atoms with Gasteiger partial charge in [-0.3, -0.25) is 14.4 Å². The molecule has 0 radical (unpaired) electrons. The van der Waals surface area contributed by atoms with Crippen LogP contribution >= 0.6 is 0 Å². The lowest BCUT2D eigenvalue weighted by Gasteiger charge is -2.28. The number of piperazine rings is 1. The summed E-state index contributed by atoms with van der Waals surface area (Å²) in [5.41, 5.74) is 6.77. The molecular formula is C31H36N6O3. The van der Waals surface area contributed by atoms with Crippen LogP contribution in [0.15, 0.2) is 47.9 Å². The van der Waals surface area contributed by atoms with Gasteiger partial charge >= 0.3 is 0 Å². The molecule has 3 heterocycles. The molecule has 0 spiro atoms. The zero-order valence-corrected chi connectivity index (χ0v) is 23.2. The topological polar surface area (TPSA) is 119 Å². The van der Waals surface area contributed by atoms with Gasteiger partial charge in [-0.05, 0) is 92.1 Å². The normalized spacial score (nSPS) is 14.8. The first-order valence-corrected chi connectivity index (χ1v) is 13.9. The molecule has 5 rings (SSSR count). The summed E-state index contributed by atoms with van der Waals surface area (Å²) in [6, 6.07) is 7.61. The third kappa shape index (κ3) is 5.70. The summed E-state index contributed by atoms with van der Waals surface area (Å²) in [5.74, 6) is 0.224. The molecule has 1 saturated heterocycles. The smallest absolute Gasteiger partial charge is 0.253 e. The fourth-order valence-electron chi connectivity index (χ4n) is 5.63. The molecule has 40 heavy (non-hydrogen) atoms. The lowest BCUT2D eigenvalue weighted by molar-refractivity contribution is -0.111. The third-order valence-corrected chi connectivity index (χ3v) is 7.90. The third-order valence-electron chi connectivity index (χ3n) is 7.90. The van der Waals surface area contributed by atoms with Crippen LogP contribution in [-0.2, 0) is 24.2 Å². The summed E-state index contributed by atoms with van der Waals surface area (Å²) in [6.07, 6.45) is 6.90. The Morgan fingerprint density at radius 2 is 1.82 bits per heavy atom. The summed E-state index contributed by atoms with van der Waals surface area (Å²) in [4.78, 5) is 48.5. The van der Waals surface area contributed by atoms with Crippen LogP contribution in [0.4, 0.5) is 11.5 Å². The number of nitrogens with zero attached hydrogens (tertiary/aromatic N) is 2. The van der Waals surface area contributed by atoms with Gasteiger partial charge in [0, 0.05) is 67.0 Å². The van der Waals surface area contributed by atoms with E-state index in [9.17, 15) is 14.4 Å². The fraction of sp³-hybridized carbons (Fsp3) is 0.355. The molecule has 3 aromatic rings. The lowest BCUT2D eigenvalue weighted by Crippen LogP contribution is -2.43. The minimum atomic E-state index is -0.364. The summed E-state index contributed by atoms with van der Waals surface area (Å²) in [7, 11) is 0. The van der Waals surface area contributed by atoms with E-state index in [1.807, 2.05) is 31.2 Å². The molecule has 0 saturated carbocycles. The van der Waals surface area contributed by atoms with Crippen molar-refractivity contribution in [1.29, 1.82) is 0 Å². The largest absolute Gasteiger partial charge is 0.354 e. The molecule has 2 aromatic heterocycles. The number of hydrogen-bond donors (Lipinski definition) is 4. The molecule has 208 valence electrons. The first-order valence-electron chi connectivity index (χ1n) is 13.9. The minimum Gasteiger partial charge on any atom is -0.354 e. The Bertz CT molecular complexity index is 1500. The zero-order valence-electron chi connectivity index (χ0n) is 23.2. The summed E-state index contributed by atoms with van der Waals surface area (Å²) >= 11 is 0. The molecule has 2 amide bonds. The maximum Gasteiger partial charge on any atom is 0.253 e. The van der Waals surface area contributed by atoms with Crippen molar-refractivity contribution in [1.82, 2.24) is 20.6 Å². The Morgan fingerprint density at radius 3 is 2.52 bits per heavy atom. The van der Waals surface area contributed by atoms with E-state index in [0.29, 0.717) is 22.4 Å². The molecule has 9 nitrogen and oxygen atoms in total. The van der Waals surface area contributed by atoms with Crippen molar-refractivity contribution in [2.75, 3.05) is 36.4 Å². The van der Waals surface area contributed by atoms with Gasteiger partial charge in [0.25, 0.3) is 11.5 Å². The summed E-state index contributed by atoms with van der Waals surface area (Å²) in [6.45, 7) is 11.0. The number of H-pyrrole nitrogens is 1. The van der Waals surface area contributed by atoms with E-state index in [4.69, 9.17) is 0 Å². The van der Waals surface area contributed by atoms with Crippen LogP contribution in [0, 0.1) is 13.8 Å². The molecule has 0 unspecified atom stereocenters. The second-order valence-corrected chi connectivity index (χ2v) is 10.4. The van der Waals surface area contributed by atoms with E-state index in [0.717, 1.165) is 80.1 Å². The number of pyridine rings is 2. The molecule has 1 aliphatic carbocycles. The number of anilines is 2. The van der Waals surface area contributed by atoms with Gasteiger partial charge in [0.05, 0.1) is 0 Å². The molecule has 1 aliphatic heterocycles. The maximum atomic E-state index is 13.6. The second-order valence-electron chi connectivity index (χ2n) is 10.4. The highest BCUT2D eigenvalue weighted by Gasteiger charge is 2.21. The fourth-order valence-corrected chi connectivity index (χ4v) is 5.63. The number of benzene rings is 1. The minimum absolute atomic E-state index is 0.135. The van der Waals surface area contributed by atoms with Crippen molar-refractivity contribution >= 4 is 23.3 Å². The van der Waals surface area contributed by atoms with Gasteiger partial charge in [-0.2, -0.15) is 0 Å². The van der Waals surface area contributed by atoms with Crippen molar-refractivity contribution in [2.24, 2.45) is 0 Å². The van der Waals surface area contributed by atoms with E-state index in [-0.39, 0.29) is 23.9 Å². The Morgan fingerprint density at radius 1 is 1.07 bits per heavy atom. The van der Waals surface area contributed by atoms with Crippen LogP contribution in [0.5, 0.6) is 0 Å². The quantitative estimate of drug-likeness (QED) is 0.341. The Kier molecular flexibility index (Phi) is 8.11. The number of fused-ring (bicyclic) bond motifs is 1. The van der Waals surface area contributed by atoms with E-state index in [1.165, 1.54) is 11.6 Å². The van der Waals surface area contributed by atoms with Gasteiger partial charge in [-0.25, -0.2) is 4.98 Å². The number of aromatic amines is 1. The second kappa shape index (κ2) is 11.9. The SMILES string of the molecule is C=CC(=O)Nc1cc(-c2ccc(N3CCNCC3)nc2)cc(C(=O)NCc2c3c(c(C)[nH]c2=O)CCCC3)c1C. The van der Waals surface area contributed by atoms with Gasteiger partial charge < -0.3 is 25.8 Å². The van der Waals surface area contributed by atoms with E-state index in [1.54, 1.807) is 13.1 Å². The van der Waals surface area contributed by atoms with Gasteiger partial charge in [-0.1, -0.05) is 6.58 Å². The van der Waals surface area contributed by atoms with Gasteiger partial charge in [0.15, 0.2) is 0 Å². The number of carbonyl (C=O) groups excluding carboxylic acids is 2. The van der Waals surface area contributed by atoms with Crippen molar-refractivity contribution in [2.45, 2.75) is 46.1 Å². The Balaban J connectivity index is 1.45. The average Bonchev–Trinajstić information content (AvgIpc) is 2.98. The number of aromatic nitrogens is 2. The van der Waals surface area contributed by atoms with Crippen LogP contribution in [0.2, 0.25) is 0 Å². The number of aryl methyl sites for hydroxylation is 1. The molecule has 1 aromatic carbocycles. The zero-order chi connectivity index (χ0) is 28.2. The van der Waals surface area contributed by atoms with Crippen LogP contribution in [0.25, 0.3) is 11.1 Å². The van der Waals surface area contributed by atoms with Crippen LogP contribution in [0.3, 0.4) is 0 Å². The number of nitrogens with one attached hydrogen (secondary N) is 4. The number of rotatable bonds is 7. The number of carbonyl (C=O) groups is 2. The van der Waals surface area contributed by atoms with Crippen LogP contribution in [0.1, 0.15) is 51.1 Å². The number of amides is 2. The maximum absolute atomic E-state index is 13.6. The standard InChI is InChI=1S/C31H36N6O3/c1-4-29(38)36-27-16-22(21-9-10-28(33-17-21)37-13-11-32-12-14-37)15-25(19(27)2)30(39)34-18-26-24-8-6-5-7-23(24)20(3)35-31(26)40/h4,9-10,15-17,32H,1,5-8,11-14,18H2,2-3H3,(H,34,39)(H,35,40)(H,36,38). The molecule has 9 heteroatoms. The van der Waals surface area contributed by atoms with Gasteiger partial charge in [0.2, 0.25) is 5.91 Å². The average molecular weight is 541 g/mol. The summed E-state index contributed by atoms with van der Waals surface area (Å²) < 4.78 is 0. The van der Waals surface area contributed by atoms with Crippen LogP contribution < -0.4 is 26.4 Å². The molecule has 0 atom stereocenters. The number of hydrogen-bond acceptors (Lipinski definition) is 6. The van der Waals surface area contributed by atoms with Gasteiger partial charge in [-0.15, -0.1) is 0 Å². The van der Waals surface area contributed by atoms with Crippen molar-refractivity contribution < 1.29 is 9.59 Å². The Labute approximate surface area is 234 Å². The Hall–Kier alpha value is -4.24. The van der Waals surface area contributed by atoms with Gasteiger partial charge in [0.1, 0.15) is 5.82 Å². The highest BCUT2D eigenvalue weighted by Crippen LogP contribution is 2.30. The summed E-state index contributed by atoms with van der Waals surface area (Å²) in [5, 5.41) is 9.15. The first kappa shape index (κ1) is 27.3. The van der Waals surface area contributed by atoms with Crippen LogP contribution in [-0.4, -0.2) is 48.0 Å². The first-order chi connectivity index (χ1) is 19.4. The van der Waals surface area contributed by atoms with E-state index >= 15 is 0 Å². The van der Waals surface area contributed by atoms with Crippen molar-refractivity contribution in [3.63, 3.8) is 0 Å². The van der Waals surface area contributed by atoms with Crippen molar-refractivity contribution in [3.05, 3.63) is 87.0 Å². The molecule has 2 aliphatic rings. The van der Waals surface area contributed by atoms with E-state index in [2.05, 4.69) is 37.4 Å². The van der Waals surface area contributed by atoms with Crippen molar-refractivity contribution in [3.8, 4) is 11.1 Å². The highest BCUT2D eigenvalue weighted by atomic mass is 16.2. The predicted octanol–water partition coefficient (Wildman–Crippen LogP) is 3.40. The molecule has 0 bridgehead atoms. The van der Waals surface area contributed by atoms with E-state index < -0.39 is 0 Å². The monoisotopic (exact) mass is 540 g/mol. The lowest BCUT2D eigenvalue weighted by atomic mass is 9.88.